The van der Waals surface area contributed by atoms with E-state index >= 15 is 0 Å². The number of aromatic nitrogens is 1. The number of anilines is 1. The van der Waals surface area contributed by atoms with Crippen LogP contribution in [0.4, 0.5) is 10.6 Å². The molecule has 0 radical (unpaired) electrons. The summed E-state index contributed by atoms with van der Waals surface area (Å²) in [5, 5.41) is 5.35. The van der Waals surface area contributed by atoms with Crippen molar-refractivity contribution in [2.75, 3.05) is 37.6 Å². The van der Waals surface area contributed by atoms with E-state index in [1.807, 2.05) is 18.3 Å². The molecule has 130 valence electrons. The summed E-state index contributed by atoms with van der Waals surface area (Å²) >= 11 is 0. The molecule has 4 N–H and O–H groups in total. The Bertz CT molecular complexity index is 551. The molecule has 0 spiro atoms. The van der Waals surface area contributed by atoms with E-state index < -0.39 is 0 Å². The SMILES string of the molecule is O=C(C[NH+]1CCN(c2cccc[nH+]2)CC1)NC(=O)NC1CCCC1. The summed E-state index contributed by atoms with van der Waals surface area (Å²) in [5.74, 6) is 0.914. The van der Waals surface area contributed by atoms with Gasteiger partial charge in [-0.15, -0.1) is 0 Å². The van der Waals surface area contributed by atoms with Gasteiger partial charge in [0.25, 0.3) is 11.7 Å². The molecule has 0 unspecified atom stereocenters. The van der Waals surface area contributed by atoms with E-state index in [0.29, 0.717) is 6.54 Å². The first-order chi connectivity index (χ1) is 11.7. The van der Waals surface area contributed by atoms with E-state index in [0.717, 1.165) is 57.7 Å². The second kappa shape index (κ2) is 8.10. The van der Waals surface area contributed by atoms with Crippen molar-refractivity contribution in [3.8, 4) is 0 Å². The average molecular weight is 333 g/mol. The fourth-order valence-corrected chi connectivity index (χ4v) is 3.51. The summed E-state index contributed by atoms with van der Waals surface area (Å²) in [5.41, 5.74) is 0. The highest BCUT2D eigenvalue weighted by atomic mass is 16.2. The molecule has 0 aromatic carbocycles. The molecule has 2 aliphatic rings. The normalized spacial score (nSPS) is 19.2. The van der Waals surface area contributed by atoms with Gasteiger partial charge < -0.3 is 10.2 Å². The minimum Gasteiger partial charge on any atom is -0.335 e. The van der Waals surface area contributed by atoms with Crippen molar-refractivity contribution in [3.63, 3.8) is 0 Å². The number of nitrogens with zero attached hydrogens (tertiary/aromatic N) is 1. The van der Waals surface area contributed by atoms with Crippen molar-refractivity contribution in [2.24, 2.45) is 0 Å². The monoisotopic (exact) mass is 333 g/mol. The lowest BCUT2D eigenvalue weighted by molar-refractivity contribution is -0.892. The number of aromatic amines is 1. The Morgan fingerprint density at radius 3 is 2.62 bits per heavy atom. The molecule has 2 fully saturated rings. The second-order valence-electron chi connectivity index (χ2n) is 6.66. The lowest BCUT2D eigenvalue weighted by Crippen LogP contribution is -3.16. The fourth-order valence-electron chi connectivity index (χ4n) is 3.51. The number of hydrogen-bond donors (Lipinski definition) is 3. The number of hydrogen-bond acceptors (Lipinski definition) is 3. The summed E-state index contributed by atoms with van der Waals surface area (Å²) in [6.45, 7) is 3.93. The average Bonchev–Trinajstić information content (AvgIpc) is 3.09. The Balaban J connectivity index is 1.37. The van der Waals surface area contributed by atoms with Gasteiger partial charge in [0.1, 0.15) is 26.2 Å². The summed E-state index contributed by atoms with van der Waals surface area (Å²) in [4.78, 5) is 30.6. The van der Waals surface area contributed by atoms with Gasteiger partial charge in [0, 0.05) is 12.1 Å². The lowest BCUT2D eigenvalue weighted by atomic mass is 10.2. The van der Waals surface area contributed by atoms with Crippen molar-refractivity contribution in [2.45, 2.75) is 31.7 Å². The maximum Gasteiger partial charge on any atom is 0.321 e. The van der Waals surface area contributed by atoms with Crippen LogP contribution in [0, 0.1) is 0 Å². The number of imide groups is 1. The van der Waals surface area contributed by atoms with Crippen molar-refractivity contribution < 1.29 is 19.5 Å². The maximum absolute atomic E-state index is 12.0. The van der Waals surface area contributed by atoms with Crippen molar-refractivity contribution in [1.82, 2.24) is 10.6 Å². The molecular weight excluding hydrogens is 306 g/mol. The molecule has 0 atom stereocenters. The Labute approximate surface area is 142 Å². The number of carbonyl (C=O) groups excluding carboxylic acids is 2. The number of rotatable bonds is 4. The zero-order chi connectivity index (χ0) is 16.8. The molecule has 1 aromatic heterocycles. The first-order valence-electron chi connectivity index (χ1n) is 8.86. The van der Waals surface area contributed by atoms with Gasteiger partial charge in [0.05, 0.1) is 6.20 Å². The number of quaternary nitrogens is 1. The Hall–Kier alpha value is -2.15. The third-order valence-corrected chi connectivity index (χ3v) is 4.86. The Morgan fingerprint density at radius 1 is 1.21 bits per heavy atom. The number of carbonyl (C=O) groups is 2. The van der Waals surface area contributed by atoms with Crippen molar-refractivity contribution in [3.05, 3.63) is 24.4 Å². The maximum atomic E-state index is 12.0. The van der Waals surface area contributed by atoms with Crippen LogP contribution < -0.4 is 25.4 Å². The van der Waals surface area contributed by atoms with E-state index in [1.54, 1.807) is 0 Å². The van der Waals surface area contributed by atoms with Gasteiger partial charge in [-0.3, -0.25) is 15.0 Å². The molecule has 7 nitrogen and oxygen atoms in total. The number of piperazine rings is 1. The summed E-state index contributed by atoms with van der Waals surface area (Å²) in [6.07, 6.45) is 6.28. The highest BCUT2D eigenvalue weighted by Crippen LogP contribution is 2.17. The van der Waals surface area contributed by atoms with Crippen LogP contribution in [0.1, 0.15) is 25.7 Å². The predicted molar refractivity (Wildman–Crippen MR) is 89.7 cm³/mol. The zero-order valence-electron chi connectivity index (χ0n) is 14.0. The molecule has 24 heavy (non-hydrogen) atoms. The third kappa shape index (κ3) is 4.67. The molecule has 3 amide bonds. The molecule has 1 aromatic rings. The molecule has 1 saturated carbocycles. The van der Waals surface area contributed by atoms with E-state index in [-0.39, 0.29) is 18.0 Å². The third-order valence-electron chi connectivity index (χ3n) is 4.86. The number of nitrogens with one attached hydrogen (secondary N) is 4. The minimum atomic E-state index is -0.344. The fraction of sp³-hybridized carbons (Fsp3) is 0.588. The van der Waals surface area contributed by atoms with Gasteiger partial charge in [0.15, 0.2) is 6.54 Å². The second-order valence-corrected chi connectivity index (χ2v) is 6.66. The van der Waals surface area contributed by atoms with Crippen LogP contribution in [0.2, 0.25) is 0 Å². The number of pyridine rings is 1. The van der Waals surface area contributed by atoms with Gasteiger partial charge in [-0.2, -0.15) is 0 Å². The first kappa shape index (κ1) is 16.7. The highest BCUT2D eigenvalue weighted by molar-refractivity contribution is 5.94. The first-order valence-corrected chi connectivity index (χ1v) is 8.86. The molecule has 3 rings (SSSR count). The minimum absolute atomic E-state index is 0.194. The topological polar surface area (TPSA) is 80.0 Å². The summed E-state index contributed by atoms with van der Waals surface area (Å²) < 4.78 is 0. The van der Waals surface area contributed by atoms with E-state index in [2.05, 4.69) is 26.6 Å². The Morgan fingerprint density at radius 2 is 1.96 bits per heavy atom. The number of urea groups is 1. The van der Waals surface area contributed by atoms with Crippen molar-refractivity contribution >= 4 is 17.8 Å². The van der Waals surface area contributed by atoms with E-state index in [1.165, 1.54) is 4.90 Å². The quantitative estimate of drug-likeness (QED) is 0.659. The molecule has 1 aliphatic heterocycles. The van der Waals surface area contributed by atoms with E-state index in [4.69, 9.17) is 0 Å². The van der Waals surface area contributed by atoms with E-state index in [9.17, 15) is 9.59 Å². The predicted octanol–water partition coefficient (Wildman–Crippen LogP) is -1.03. The van der Waals surface area contributed by atoms with Crippen LogP contribution in [0.5, 0.6) is 0 Å². The van der Waals surface area contributed by atoms with Gasteiger partial charge in [-0.1, -0.05) is 18.9 Å². The van der Waals surface area contributed by atoms with Crippen LogP contribution in [-0.2, 0) is 4.79 Å². The molecule has 7 heteroatoms. The van der Waals surface area contributed by atoms with Gasteiger partial charge in [-0.05, 0) is 18.9 Å². The van der Waals surface area contributed by atoms with Gasteiger partial charge >= 0.3 is 6.03 Å². The molecule has 1 saturated heterocycles. The van der Waals surface area contributed by atoms with Gasteiger partial charge in [-0.25, -0.2) is 9.78 Å². The van der Waals surface area contributed by atoms with Crippen LogP contribution in [0.25, 0.3) is 0 Å². The smallest absolute Gasteiger partial charge is 0.321 e. The zero-order valence-corrected chi connectivity index (χ0v) is 14.0. The highest BCUT2D eigenvalue weighted by Gasteiger charge is 2.27. The number of H-pyrrole nitrogens is 1. The summed E-state index contributed by atoms with van der Waals surface area (Å²) in [6, 6.07) is 5.93. The summed E-state index contributed by atoms with van der Waals surface area (Å²) in [7, 11) is 0. The molecule has 1 aliphatic carbocycles. The molecule has 2 heterocycles. The molecule has 0 bridgehead atoms. The van der Waals surface area contributed by atoms with Crippen LogP contribution in [0.15, 0.2) is 24.4 Å². The lowest BCUT2D eigenvalue weighted by Gasteiger charge is -2.27. The number of amides is 3. The van der Waals surface area contributed by atoms with Crippen molar-refractivity contribution in [1.29, 1.82) is 0 Å². The van der Waals surface area contributed by atoms with Crippen LogP contribution in [-0.4, -0.2) is 50.7 Å². The standard InChI is InChI=1S/C17H25N5O2/c23-16(20-17(24)19-14-5-1-2-6-14)13-21-9-11-22(12-10-21)15-7-3-4-8-18-15/h3-4,7-8,14H,1-2,5-6,9-13H2,(H2,19,20,23,24)/p+2. The van der Waals surface area contributed by atoms with Crippen LogP contribution in [0.3, 0.4) is 0 Å². The molecular formula is C17H27N5O2+2. The van der Waals surface area contributed by atoms with Gasteiger partial charge in [0.2, 0.25) is 0 Å². The largest absolute Gasteiger partial charge is 0.335 e. The Kier molecular flexibility index (Phi) is 5.63. The van der Waals surface area contributed by atoms with Crippen LogP contribution >= 0.6 is 0 Å².